The van der Waals surface area contributed by atoms with Crippen molar-refractivity contribution >= 4 is 36.4 Å². The van der Waals surface area contributed by atoms with Gasteiger partial charge in [0.15, 0.2) is 0 Å². The topological polar surface area (TPSA) is 89.1 Å². The monoisotopic (exact) mass is 1040 g/mol. The van der Waals surface area contributed by atoms with Gasteiger partial charge in [-0.05, 0) is 124 Å². The molecule has 1 radical (unpaired) electrons. The van der Waals surface area contributed by atoms with Crippen LogP contribution in [-0.2, 0) is 6.42 Å². The maximum atomic E-state index is 8.92. The molecule has 0 aliphatic carbocycles. The van der Waals surface area contributed by atoms with Crippen LogP contribution in [0.4, 0.5) is 0 Å². The molecule has 0 aliphatic heterocycles. The molecule has 3 atom stereocenters. The van der Waals surface area contributed by atoms with Crippen molar-refractivity contribution in [1.82, 2.24) is 5.32 Å². The summed E-state index contributed by atoms with van der Waals surface area (Å²) in [5, 5.41) is 12.1. The molecule has 4 N–H and O–H groups in total. The van der Waals surface area contributed by atoms with Crippen LogP contribution in [-0.4, -0.2) is 33.4 Å². The molecular formula is C62H82BBrN3O3S. The number of hydrogen-bond donors (Lipinski definition) is 4. The van der Waals surface area contributed by atoms with Crippen molar-refractivity contribution in [3.8, 4) is 17.2 Å². The second kappa shape index (κ2) is 42.3. The summed E-state index contributed by atoms with van der Waals surface area (Å²) in [6.07, 6.45) is 9.62. The third-order valence-corrected chi connectivity index (χ3v) is 11.7. The Morgan fingerprint density at radius 2 is 0.901 bits per heavy atom. The predicted molar refractivity (Wildman–Crippen MR) is 314 cm³/mol. The van der Waals surface area contributed by atoms with Crippen LogP contribution in [0.5, 0.6) is 17.2 Å². The molecule has 0 fully saturated rings. The maximum absolute atomic E-state index is 8.92. The Morgan fingerprint density at radius 3 is 1.27 bits per heavy atom. The van der Waals surface area contributed by atoms with Gasteiger partial charge in [-0.2, -0.15) is 0 Å². The van der Waals surface area contributed by atoms with Gasteiger partial charge < -0.3 is 25.6 Å². The Morgan fingerprint density at radius 1 is 0.535 bits per heavy atom. The fraction of sp³-hybridized carbons (Fsp3) is 0.323. The van der Waals surface area contributed by atoms with Crippen LogP contribution in [0, 0.1) is 20.8 Å². The summed E-state index contributed by atoms with van der Waals surface area (Å²) in [7, 11) is 7.80. The average Bonchev–Trinajstić information content (AvgIpc) is 3.41. The van der Waals surface area contributed by atoms with E-state index in [0.717, 1.165) is 42.9 Å². The third kappa shape index (κ3) is 28.9. The van der Waals surface area contributed by atoms with Gasteiger partial charge in [0.05, 0.1) is 0 Å². The molecule has 6 nitrogen and oxygen atoms in total. The Balaban J connectivity index is 0.000000448. The summed E-state index contributed by atoms with van der Waals surface area (Å²) < 4.78 is 15.1. The van der Waals surface area contributed by atoms with Gasteiger partial charge in [-0.15, -0.1) is 0 Å². The number of nitrogens with zero attached hydrogens (tertiary/aromatic N) is 1. The molecule has 0 saturated carbocycles. The normalized spacial score (nSPS) is 11.0. The number of aromatic hydroxyl groups is 1. The molecule has 0 saturated heterocycles. The van der Waals surface area contributed by atoms with Crippen LogP contribution >= 0.6 is 28.7 Å². The summed E-state index contributed by atoms with van der Waals surface area (Å²) in [5.74, 6) is 2.32. The number of thiol groups is 1. The van der Waals surface area contributed by atoms with Crippen LogP contribution in [0.25, 0.3) is 0 Å². The van der Waals surface area contributed by atoms with Gasteiger partial charge in [0.25, 0.3) is 0 Å². The minimum absolute atomic E-state index is 0.0924. The summed E-state index contributed by atoms with van der Waals surface area (Å²) in [6, 6.07) is 65.7. The van der Waals surface area contributed by atoms with Crippen molar-refractivity contribution < 1.29 is 14.6 Å². The van der Waals surface area contributed by atoms with Crippen molar-refractivity contribution in [3.05, 3.63) is 233 Å². The number of phenolic OH excluding ortho intramolecular Hbond substituents is 1. The second-order valence-electron chi connectivity index (χ2n) is 16.4. The van der Waals surface area contributed by atoms with Gasteiger partial charge in [0, 0.05) is 11.2 Å². The molecule has 9 heteroatoms. The van der Waals surface area contributed by atoms with Crippen molar-refractivity contribution in [2.24, 2.45) is 10.0 Å². The number of halogens is 1. The second-order valence-corrected chi connectivity index (χ2v) is 17.7. The summed E-state index contributed by atoms with van der Waals surface area (Å²) in [6.45, 7) is 13.6. The SMILES string of the molecule is CCCC(Br)c1ccccc1.CCCC(Oc1ccccc1C)c1ccccc1.CCCCc1ccccc1.CN.CNCCC(Oc1ccccc1C)c1ccccc1.Cc1ccccc1O.[B]=NS. The quantitative estimate of drug-likeness (QED) is 0.0415. The number of rotatable bonds is 17. The fourth-order valence-electron chi connectivity index (χ4n) is 6.82. The molecule has 0 bridgehead atoms. The zero-order chi connectivity index (χ0) is 52.3. The molecule has 3 unspecified atom stereocenters. The van der Waals surface area contributed by atoms with Crippen molar-refractivity contribution in [1.29, 1.82) is 0 Å². The van der Waals surface area contributed by atoms with Crippen LogP contribution < -0.4 is 20.5 Å². The van der Waals surface area contributed by atoms with E-state index in [9.17, 15) is 0 Å². The fourth-order valence-corrected chi connectivity index (χ4v) is 7.58. The van der Waals surface area contributed by atoms with Gasteiger partial charge in [0.2, 0.25) is 0 Å². The van der Waals surface area contributed by atoms with Crippen LogP contribution in [0.15, 0.2) is 198 Å². The number of ether oxygens (including phenoxy) is 2. The third-order valence-electron chi connectivity index (χ3n) is 10.8. The molecule has 7 rings (SSSR count). The zero-order valence-corrected chi connectivity index (χ0v) is 46.2. The number of nitrogens with two attached hydrogens (primary N) is 1. The molecule has 71 heavy (non-hydrogen) atoms. The Hall–Kier alpha value is -5.45. The van der Waals surface area contributed by atoms with Gasteiger partial charge in [-0.1, -0.05) is 232 Å². The molecule has 0 heterocycles. The number of aryl methyl sites for hydroxylation is 4. The van der Waals surface area contributed by atoms with Gasteiger partial charge in [-0.25, -0.2) is 0 Å². The number of nitrogens with one attached hydrogen (secondary N) is 1. The van der Waals surface area contributed by atoms with Crippen molar-refractivity contribution in [3.63, 3.8) is 0 Å². The van der Waals surface area contributed by atoms with Crippen molar-refractivity contribution in [2.45, 2.75) is 110 Å². The number of unbranched alkanes of at least 4 members (excludes halogenated alkanes) is 1. The molecular weight excluding hydrogens is 957 g/mol. The van der Waals surface area contributed by atoms with Gasteiger partial charge in [-0.3, -0.25) is 0 Å². The molecule has 0 spiro atoms. The van der Waals surface area contributed by atoms with E-state index in [1.54, 1.807) is 6.07 Å². The number of benzene rings is 7. The first-order valence-electron chi connectivity index (χ1n) is 24.9. The van der Waals surface area contributed by atoms with E-state index in [0.29, 0.717) is 10.6 Å². The van der Waals surface area contributed by atoms with E-state index < -0.39 is 0 Å². The molecule has 0 aromatic heterocycles. The number of hydrogen-bond acceptors (Lipinski definition) is 7. The standard InChI is InChI=1S/C17H21NO.C17H20O.C10H13Br.C10H14.C7H8O.CH5N.BHNS/c1-14-8-6-7-11-16(14)19-17(12-13-18-2)15-9-4-3-5-10-15;1-3-9-17(15-11-5-4-6-12-15)18-16-13-8-7-10-14(16)2;1-2-6-10(11)9-7-4-3-5-8-9;1-2-3-7-10-8-5-4-6-9-10;1-6-4-2-3-5-7(6)8;1-2;1-2-3/h3-11,17-18H,12-13H2,1-2H3;4-8,10-13,17H,3,9H2,1-2H3;3-5,7-8,10H,2,6H2,1H3;4-6,8-9H,2-3,7H2,1H3;2-5,8H,1H3;2H2,1H3;3H. The molecule has 0 amide bonds. The van der Waals surface area contributed by atoms with Gasteiger partial charge >= 0.3 is 24.8 Å². The van der Waals surface area contributed by atoms with E-state index in [1.807, 2.05) is 80.7 Å². The summed E-state index contributed by atoms with van der Waals surface area (Å²) in [5.41, 5.74) is 13.1. The van der Waals surface area contributed by atoms with Crippen LogP contribution in [0.3, 0.4) is 0 Å². The Kier molecular flexibility index (Phi) is 37.8. The van der Waals surface area contributed by atoms with E-state index >= 15 is 0 Å². The first kappa shape index (κ1) is 63.6. The van der Waals surface area contributed by atoms with Crippen LogP contribution in [0.1, 0.15) is 122 Å². The number of phenols is 1. The average molecular weight is 1040 g/mol. The predicted octanol–water partition coefficient (Wildman–Crippen LogP) is 17.1. The molecule has 0 aliphatic rings. The Labute approximate surface area is 444 Å². The minimum atomic E-state index is 0.0924. The van der Waals surface area contributed by atoms with Crippen molar-refractivity contribution in [2.75, 3.05) is 20.6 Å². The molecule has 7 aromatic carbocycles. The van der Waals surface area contributed by atoms with E-state index in [-0.39, 0.29) is 12.2 Å². The van der Waals surface area contributed by atoms with Crippen LogP contribution in [0.2, 0.25) is 0 Å². The van der Waals surface area contributed by atoms with E-state index in [2.05, 4.69) is 208 Å². The van der Waals surface area contributed by atoms with E-state index in [1.165, 1.54) is 72.5 Å². The first-order chi connectivity index (χ1) is 34.6. The van der Waals surface area contributed by atoms with E-state index in [4.69, 9.17) is 14.6 Å². The molecule has 379 valence electrons. The number of para-hydroxylation sites is 3. The number of alkyl halides is 1. The zero-order valence-electron chi connectivity index (χ0n) is 43.8. The summed E-state index contributed by atoms with van der Waals surface area (Å²) in [4.78, 5) is 0.536. The molecule has 7 aromatic rings. The Bertz CT molecular complexity index is 2290. The van der Waals surface area contributed by atoms with Gasteiger partial charge in [0.1, 0.15) is 29.5 Å². The summed E-state index contributed by atoms with van der Waals surface area (Å²) >= 11 is 6.84. The first-order valence-corrected chi connectivity index (χ1v) is 26.2.